The van der Waals surface area contributed by atoms with Gasteiger partial charge in [-0.1, -0.05) is 13.8 Å². The second kappa shape index (κ2) is 3.91. The molecular weight excluding hydrogens is 230 g/mol. The van der Waals surface area contributed by atoms with Gasteiger partial charge in [-0.25, -0.2) is 15.0 Å². The van der Waals surface area contributed by atoms with Crippen molar-refractivity contribution in [3.05, 3.63) is 12.7 Å². The average molecular weight is 247 g/mol. The van der Waals surface area contributed by atoms with E-state index >= 15 is 0 Å². The molecule has 0 radical (unpaired) electrons. The van der Waals surface area contributed by atoms with E-state index in [0.29, 0.717) is 23.2 Å². The third kappa shape index (κ3) is 1.49. The van der Waals surface area contributed by atoms with E-state index in [2.05, 4.69) is 35.7 Å². The second-order valence-corrected chi connectivity index (χ2v) is 5.03. The molecule has 18 heavy (non-hydrogen) atoms. The van der Waals surface area contributed by atoms with Crippen molar-refractivity contribution in [2.24, 2.45) is 11.8 Å². The molecule has 3 rings (SSSR count). The SMILES string of the molecule is CC1OC(n2cnc3c(N)ncnc32)C(C)C1C. The first-order valence-corrected chi connectivity index (χ1v) is 6.18. The molecule has 1 aliphatic rings. The van der Waals surface area contributed by atoms with Crippen LogP contribution in [0.15, 0.2) is 12.7 Å². The number of nitrogens with zero attached hydrogens (tertiary/aromatic N) is 4. The van der Waals surface area contributed by atoms with Crippen LogP contribution in [-0.4, -0.2) is 25.6 Å². The molecule has 0 spiro atoms. The predicted molar refractivity (Wildman–Crippen MR) is 67.6 cm³/mol. The van der Waals surface area contributed by atoms with Crippen LogP contribution in [0.25, 0.3) is 11.2 Å². The van der Waals surface area contributed by atoms with Crippen LogP contribution in [0, 0.1) is 11.8 Å². The van der Waals surface area contributed by atoms with Crippen molar-refractivity contribution in [2.75, 3.05) is 5.73 Å². The van der Waals surface area contributed by atoms with Crippen molar-refractivity contribution in [2.45, 2.75) is 33.1 Å². The fraction of sp³-hybridized carbons (Fsp3) is 0.583. The summed E-state index contributed by atoms with van der Waals surface area (Å²) in [6.07, 6.45) is 3.40. The van der Waals surface area contributed by atoms with Gasteiger partial charge in [0.2, 0.25) is 0 Å². The highest BCUT2D eigenvalue weighted by atomic mass is 16.5. The summed E-state index contributed by atoms with van der Waals surface area (Å²) in [5.74, 6) is 1.32. The molecule has 0 saturated carbocycles. The van der Waals surface area contributed by atoms with Crippen LogP contribution < -0.4 is 5.73 Å². The summed E-state index contributed by atoms with van der Waals surface area (Å²) in [6.45, 7) is 6.50. The monoisotopic (exact) mass is 247 g/mol. The normalized spacial score (nSPS) is 32.2. The largest absolute Gasteiger partial charge is 0.382 e. The smallest absolute Gasteiger partial charge is 0.167 e. The van der Waals surface area contributed by atoms with Gasteiger partial charge in [0.15, 0.2) is 11.5 Å². The Hall–Kier alpha value is -1.69. The Morgan fingerprint density at radius 3 is 2.61 bits per heavy atom. The van der Waals surface area contributed by atoms with E-state index in [-0.39, 0.29) is 12.3 Å². The molecule has 1 aliphatic heterocycles. The number of imidazole rings is 1. The molecule has 2 N–H and O–H groups in total. The topological polar surface area (TPSA) is 78.9 Å². The predicted octanol–water partition coefficient (Wildman–Crippen LogP) is 1.60. The van der Waals surface area contributed by atoms with E-state index in [1.807, 2.05) is 4.57 Å². The van der Waals surface area contributed by atoms with Gasteiger partial charge < -0.3 is 10.5 Å². The van der Waals surface area contributed by atoms with E-state index in [1.165, 1.54) is 6.33 Å². The fourth-order valence-corrected chi connectivity index (χ4v) is 2.53. The minimum atomic E-state index is -0.0331. The van der Waals surface area contributed by atoms with Crippen LogP contribution in [0.5, 0.6) is 0 Å². The lowest BCUT2D eigenvalue weighted by molar-refractivity contribution is -0.00235. The van der Waals surface area contributed by atoms with Gasteiger partial charge in [-0.3, -0.25) is 4.57 Å². The zero-order chi connectivity index (χ0) is 12.9. The van der Waals surface area contributed by atoms with Gasteiger partial charge >= 0.3 is 0 Å². The summed E-state index contributed by atoms with van der Waals surface area (Å²) in [4.78, 5) is 12.5. The van der Waals surface area contributed by atoms with E-state index in [9.17, 15) is 0 Å². The van der Waals surface area contributed by atoms with Gasteiger partial charge in [0.25, 0.3) is 0 Å². The lowest BCUT2D eigenvalue weighted by atomic mass is 9.93. The van der Waals surface area contributed by atoms with Crippen molar-refractivity contribution in [3.8, 4) is 0 Å². The van der Waals surface area contributed by atoms with Crippen LogP contribution in [0.1, 0.15) is 27.0 Å². The Labute approximate surface area is 105 Å². The van der Waals surface area contributed by atoms with Crippen molar-refractivity contribution >= 4 is 17.0 Å². The second-order valence-electron chi connectivity index (χ2n) is 5.03. The van der Waals surface area contributed by atoms with Crippen molar-refractivity contribution < 1.29 is 4.74 Å². The molecule has 3 heterocycles. The first kappa shape index (κ1) is 11.4. The Kier molecular flexibility index (Phi) is 2.48. The van der Waals surface area contributed by atoms with Crippen LogP contribution in [0.4, 0.5) is 5.82 Å². The number of fused-ring (bicyclic) bond motifs is 1. The first-order valence-electron chi connectivity index (χ1n) is 6.18. The fourth-order valence-electron chi connectivity index (χ4n) is 2.53. The molecule has 4 atom stereocenters. The Morgan fingerprint density at radius 2 is 1.94 bits per heavy atom. The number of ether oxygens (including phenoxy) is 1. The Balaban J connectivity index is 2.08. The highest BCUT2D eigenvalue weighted by molar-refractivity contribution is 5.81. The molecule has 96 valence electrons. The highest BCUT2D eigenvalue weighted by Gasteiger charge is 2.38. The van der Waals surface area contributed by atoms with Crippen molar-refractivity contribution in [3.63, 3.8) is 0 Å². The van der Waals surface area contributed by atoms with Crippen LogP contribution >= 0.6 is 0 Å². The molecule has 0 amide bonds. The summed E-state index contributed by atoms with van der Waals surface area (Å²) in [7, 11) is 0. The van der Waals surface area contributed by atoms with E-state index in [1.54, 1.807) is 6.33 Å². The molecule has 0 aromatic carbocycles. The zero-order valence-electron chi connectivity index (χ0n) is 10.7. The third-order valence-corrected chi connectivity index (χ3v) is 4.03. The first-order chi connectivity index (χ1) is 8.59. The molecule has 6 heteroatoms. The van der Waals surface area contributed by atoms with Gasteiger partial charge in [0.05, 0.1) is 12.4 Å². The quantitative estimate of drug-likeness (QED) is 0.828. The van der Waals surface area contributed by atoms with Crippen molar-refractivity contribution in [1.82, 2.24) is 19.5 Å². The molecule has 2 aromatic heterocycles. The minimum absolute atomic E-state index is 0.0331. The summed E-state index contributed by atoms with van der Waals surface area (Å²) in [5, 5.41) is 0. The third-order valence-electron chi connectivity index (χ3n) is 4.03. The summed E-state index contributed by atoms with van der Waals surface area (Å²) >= 11 is 0. The molecule has 2 aromatic rings. The standard InChI is InChI=1S/C12H17N5O/c1-6-7(2)12(18-8(6)3)17-5-16-9-10(13)14-4-15-11(9)17/h4-8,12H,1-3H3,(H2,13,14,15). The van der Waals surface area contributed by atoms with Crippen molar-refractivity contribution in [1.29, 1.82) is 0 Å². The number of nitrogen functional groups attached to an aromatic ring is 1. The zero-order valence-corrected chi connectivity index (χ0v) is 10.7. The number of rotatable bonds is 1. The maximum atomic E-state index is 6.00. The number of nitrogens with two attached hydrogens (primary N) is 1. The van der Waals surface area contributed by atoms with Gasteiger partial charge in [-0.15, -0.1) is 0 Å². The van der Waals surface area contributed by atoms with E-state index in [4.69, 9.17) is 10.5 Å². The van der Waals surface area contributed by atoms with Crippen LogP contribution in [0.3, 0.4) is 0 Å². The maximum absolute atomic E-state index is 6.00. The molecule has 0 aliphatic carbocycles. The van der Waals surface area contributed by atoms with Gasteiger partial charge in [0.1, 0.15) is 18.1 Å². The van der Waals surface area contributed by atoms with E-state index in [0.717, 1.165) is 5.65 Å². The van der Waals surface area contributed by atoms with Gasteiger partial charge in [-0.2, -0.15) is 0 Å². The number of hydrogen-bond donors (Lipinski definition) is 1. The average Bonchev–Trinajstić information content (AvgIpc) is 2.88. The molecule has 6 nitrogen and oxygen atoms in total. The molecule has 1 saturated heterocycles. The van der Waals surface area contributed by atoms with Gasteiger partial charge in [-0.05, 0) is 12.8 Å². The number of anilines is 1. The highest BCUT2D eigenvalue weighted by Crippen LogP contribution is 2.39. The van der Waals surface area contributed by atoms with Crippen LogP contribution in [0.2, 0.25) is 0 Å². The lowest BCUT2D eigenvalue weighted by Crippen LogP contribution is -2.15. The summed E-state index contributed by atoms with van der Waals surface area (Å²) in [6, 6.07) is 0. The lowest BCUT2D eigenvalue weighted by Gasteiger charge is -2.17. The maximum Gasteiger partial charge on any atom is 0.167 e. The molecular formula is C12H17N5O. The van der Waals surface area contributed by atoms with Gasteiger partial charge in [0, 0.05) is 5.92 Å². The summed E-state index contributed by atoms with van der Waals surface area (Å²) in [5.41, 5.74) is 7.17. The molecule has 4 unspecified atom stereocenters. The number of aromatic nitrogens is 4. The minimum Gasteiger partial charge on any atom is -0.382 e. The molecule has 0 bridgehead atoms. The van der Waals surface area contributed by atoms with E-state index < -0.39 is 0 Å². The molecule has 1 fully saturated rings. The Morgan fingerprint density at radius 1 is 1.17 bits per heavy atom. The van der Waals surface area contributed by atoms with Crippen LogP contribution in [-0.2, 0) is 4.74 Å². The number of hydrogen-bond acceptors (Lipinski definition) is 5. The summed E-state index contributed by atoms with van der Waals surface area (Å²) < 4.78 is 7.96. The Bertz CT molecular complexity index is 581.